The van der Waals surface area contributed by atoms with E-state index in [4.69, 9.17) is 18.9 Å². The van der Waals surface area contributed by atoms with Crippen molar-refractivity contribution in [2.24, 2.45) is 0 Å². The van der Waals surface area contributed by atoms with Crippen LogP contribution in [0.25, 0.3) is 0 Å². The van der Waals surface area contributed by atoms with Crippen LogP contribution in [0.2, 0.25) is 0 Å². The summed E-state index contributed by atoms with van der Waals surface area (Å²) in [6.45, 7) is 1.62. The zero-order chi connectivity index (χ0) is 24.8. The third-order valence-electron chi connectivity index (χ3n) is 4.93. The molecule has 2 amide bonds. The number of ether oxygens (including phenoxy) is 4. The molecule has 0 spiro atoms. The lowest BCUT2D eigenvalue weighted by Crippen LogP contribution is -2.15. The monoisotopic (exact) mass is 484 g/mol. The van der Waals surface area contributed by atoms with Crippen molar-refractivity contribution in [2.75, 3.05) is 39.1 Å². The minimum absolute atomic E-state index is 0.103. The molecule has 0 atom stereocenters. The Bertz CT molecular complexity index is 1200. The van der Waals surface area contributed by atoms with Crippen LogP contribution in [0.1, 0.15) is 36.0 Å². The van der Waals surface area contributed by atoms with Crippen molar-refractivity contribution in [1.82, 2.24) is 0 Å². The van der Waals surface area contributed by atoms with Crippen molar-refractivity contribution in [1.29, 1.82) is 0 Å². The Morgan fingerprint density at radius 1 is 0.824 bits per heavy atom. The maximum Gasteiger partial charge on any atom is 0.341 e. The van der Waals surface area contributed by atoms with Crippen molar-refractivity contribution in [2.45, 2.75) is 6.92 Å². The number of methoxy groups -OCH3 is 4. The van der Waals surface area contributed by atoms with E-state index < -0.39 is 17.8 Å². The van der Waals surface area contributed by atoms with Gasteiger partial charge in [0.05, 0.1) is 38.9 Å². The van der Waals surface area contributed by atoms with E-state index in [-0.39, 0.29) is 21.0 Å². The van der Waals surface area contributed by atoms with E-state index in [0.29, 0.717) is 28.5 Å². The molecule has 0 aliphatic rings. The molecule has 0 radical (unpaired) electrons. The summed E-state index contributed by atoms with van der Waals surface area (Å²) < 4.78 is 20.8. The summed E-state index contributed by atoms with van der Waals surface area (Å²) in [5, 5.41) is 5.67. The summed E-state index contributed by atoms with van der Waals surface area (Å²) in [5.74, 6) is -0.694. The smallest absolute Gasteiger partial charge is 0.341 e. The number of rotatable bonds is 8. The number of thiophene rings is 1. The Morgan fingerprint density at radius 3 is 1.97 bits per heavy atom. The van der Waals surface area contributed by atoms with Crippen molar-refractivity contribution in [3.63, 3.8) is 0 Å². The van der Waals surface area contributed by atoms with Gasteiger partial charge in [-0.1, -0.05) is 18.2 Å². The molecule has 178 valence electrons. The molecule has 0 aliphatic carbocycles. The van der Waals surface area contributed by atoms with Gasteiger partial charge >= 0.3 is 5.97 Å². The molecule has 1 aromatic heterocycles. The second-order valence-corrected chi connectivity index (χ2v) is 7.96. The number of para-hydroxylation sites is 1. The Balaban J connectivity index is 1.98. The van der Waals surface area contributed by atoms with Gasteiger partial charge in [0.25, 0.3) is 11.8 Å². The van der Waals surface area contributed by atoms with Crippen molar-refractivity contribution in [3.05, 3.63) is 64.0 Å². The topological polar surface area (TPSA) is 112 Å². The Morgan fingerprint density at radius 2 is 1.44 bits per heavy atom. The standard InChI is InChI=1S/C24H24N2O7S/c1-13-18(24(29)33-5)23(34-20(13)22(28)25-15-9-7-6-8-10-15)26-21(27)14-11-16(30-2)19(32-4)17(12-14)31-3/h6-12H,1-5H3,(H,25,28)(H,26,27). The summed E-state index contributed by atoms with van der Waals surface area (Å²) in [7, 11) is 5.57. The van der Waals surface area contributed by atoms with E-state index >= 15 is 0 Å². The first-order valence-electron chi connectivity index (χ1n) is 10.0. The maximum atomic E-state index is 13.1. The normalized spacial score (nSPS) is 10.3. The molecule has 10 heteroatoms. The first-order valence-corrected chi connectivity index (χ1v) is 10.9. The largest absolute Gasteiger partial charge is 0.493 e. The van der Waals surface area contributed by atoms with Gasteiger partial charge < -0.3 is 29.6 Å². The minimum Gasteiger partial charge on any atom is -0.493 e. The third-order valence-corrected chi connectivity index (χ3v) is 6.13. The van der Waals surface area contributed by atoms with Gasteiger partial charge in [-0.2, -0.15) is 0 Å². The van der Waals surface area contributed by atoms with Crippen LogP contribution in [0.5, 0.6) is 17.2 Å². The fourth-order valence-corrected chi connectivity index (χ4v) is 4.35. The lowest BCUT2D eigenvalue weighted by atomic mass is 10.1. The molecule has 0 saturated heterocycles. The molecular formula is C24H24N2O7S. The van der Waals surface area contributed by atoms with Gasteiger partial charge in [0.15, 0.2) is 11.5 Å². The molecule has 2 N–H and O–H groups in total. The van der Waals surface area contributed by atoms with Crippen molar-refractivity contribution in [3.8, 4) is 17.2 Å². The molecule has 34 heavy (non-hydrogen) atoms. The average Bonchev–Trinajstić information content (AvgIpc) is 3.18. The van der Waals surface area contributed by atoms with E-state index in [1.807, 2.05) is 6.07 Å². The predicted molar refractivity (Wildman–Crippen MR) is 129 cm³/mol. The van der Waals surface area contributed by atoms with E-state index in [1.165, 1.54) is 40.6 Å². The number of carbonyl (C=O) groups excluding carboxylic acids is 3. The Kier molecular flexibility index (Phi) is 7.75. The number of esters is 1. The number of nitrogens with one attached hydrogen (secondary N) is 2. The lowest BCUT2D eigenvalue weighted by molar-refractivity contribution is 0.0601. The van der Waals surface area contributed by atoms with Crippen molar-refractivity contribution >= 4 is 39.8 Å². The SMILES string of the molecule is COC(=O)c1c(NC(=O)c2cc(OC)c(OC)c(OC)c2)sc(C(=O)Nc2ccccc2)c1C. The summed E-state index contributed by atoms with van der Waals surface area (Å²) >= 11 is 0.976. The van der Waals surface area contributed by atoms with Gasteiger partial charge in [-0.25, -0.2) is 4.79 Å². The van der Waals surface area contributed by atoms with Crippen LogP contribution in [0.4, 0.5) is 10.7 Å². The molecular weight excluding hydrogens is 460 g/mol. The van der Waals surface area contributed by atoms with Crippen LogP contribution >= 0.6 is 11.3 Å². The molecule has 0 aliphatic heterocycles. The first-order chi connectivity index (χ1) is 16.3. The highest BCUT2D eigenvalue weighted by Gasteiger charge is 2.27. The first kappa shape index (κ1) is 24.6. The molecule has 9 nitrogen and oxygen atoms in total. The summed E-state index contributed by atoms with van der Waals surface area (Å²) in [5.41, 5.74) is 1.30. The number of benzene rings is 2. The number of anilines is 2. The van der Waals surface area contributed by atoms with Crippen LogP contribution in [0.3, 0.4) is 0 Å². The highest BCUT2D eigenvalue weighted by molar-refractivity contribution is 7.19. The highest BCUT2D eigenvalue weighted by Crippen LogP contribution is 2.39. The van der Waals surface area contributed by atoms with Gasteiger partial charge in [-0.15, -0.1) is 11.3 Å². The zero-order valence-corrected chi connectivity index (χ0v) is 20.1. The second-order valence-electron chi connectivity index (χ2n) is 6.94. The maximum absolute atomic E-state index is 13.1. The molecule has 3 rings (SSSR count). The van der Waals surface area contributed by atoms with Gasteiger partial charge in [0.1, 0.15) is 5.00 Å². The van der Waals surface area contributed by atoms with Crippen LogP contribution in [-0.4, -0.2) is 46.2 Å². The number of amides is 2. The van der Waals surface area contributed by atoms with Crippen LogP contribution in [-0.2, 0) is 4.74 Å². The third kappa shape index (κ3) is 4.96. The summed E-state index contributed by atoms with van der Waals surface area (Å²) in [6.07, 6.45) is 0. The Hall–Kier alpha value is -4.05. The highest BCUT2D eigenvalue weighted by atomic mass is 32.1. The van der Waals surface area contributed by atoms with E-state index in [0.717, 1.165) is 11.3 Å². The predicted octanol–water partition coefficient (Wildman–Crippen LogP) is 4.37. The van der Waals surface area contributed by atoms with Gasteiger partial charge in [0, 0.05) is 11.3 Å². The fourth-order valence-electron chi connectivity index (χ4n) is 3.26. The quantitative estimate of drug-likeness (QED) is 0.457. The van der Waals surface area contributed by atoms with E-state index in [1.54, 1.807) is 31.2 Å². The van der Waals surface area contributed by atoms with Gasteiger partial charge in [-0.3, -0.25) is 9.59 Å². The molecule has 3 aromatic rings. The number of hydrogen-bond donors (Lipinski definition) is 2. The average molecular weight is 485 g/mol. The molecule has 0 fully saturated rings. The molecule has 1 heterocycles. The van der Waals surface area contributed by atoms with Crippen molar-refractivity contribution < 1.29 is 33.3 Å². The second kappa shape index (κ2) is 10.7. The van der Waals surface area contributed by atoms with Crippen LogP contribution in [0.15, 0.2) is 42.5 Å². The molecule has 0 saturated carbocycles. The van der Waals surface area contributed by atoms with Crippen LogP contribution < -0.4 is 24.8 Å². The van der Waals surface area contributed by atoms with E-state index in [9.17, 15) is 14.4 Å². The van der Waals surface area contributed by atoms with E-state index in [2.05, 4.69) is 10.6 Å². The molecule has 2 aromatic carbocycles. The summed E-state index contributed by atoms with van der Waals surface area (Å²) in [4.78, 5) is 38.7. The van der Waals surface area contributed by atoms with Crippen LogP contribution in [0, 0.1) is 6.92 Å². The zero-order valence-electron chi connectivity index (χ0n) is 19.3. The summed E-state index contributed by atoms with van der Waals surface area (Å²) in [6, 6.07) is 11.9. The molecule has 0 bridgehead atoms. The minimum atomic E-state index is -0.673. The number of hydrogen-bond acceptors (Lipinski definition) is 8. The molecule has 0 unspecified atom stereocenters. The van der Waals surface area contributed by atoms with Gasteiger partial charge in [0.2, 0.25) is 5.75 Å². The number of carbonyl (C=O) groups is 3. The lowest BCUT2D eigenvalue weighted by Gasteiger charge is -2.14. The Labute approximate surface area is 200 Å². The fraction of sp³-hybridized carbons (Fsp3) is 0.208. The van der Waals surface area contributed by atoms with Gasteiger partial charge in [-0.05, 0) is 36.8 Å².